The standard InChI is InChI=1S/C25H21N3O3/c1-30-22-14-17(25(29)28-31-2)10-11-20(22)26-21-9-5-7-16-13-18-12-15-6-3-4-8-19(15)23(18)27-24(16)21/h3-14,26-27H,1-2H3,(H,28,29). The number of para-hydroxylation sites is 1. The van der Waals surface area contributed by atoms with E-state index in [-0.39, 0.29) is 5.91 Å². The van der Waals surface area contributed by atoms with E-state index in [0.29, 0.717) is 11.3 Å². The Balaban J connectivity index is 1.60. The van der Waals surface area contributed by atoms with Gasteiger partial charge >= 0.3 is 0 Å². The fourth-order valence-corrected chi connectivity index (χ4v) is 3.96. The Morgan fingerprint density at radius 1 is 0.871 bits per heavy atom. The number of H-pyrrole nitrogens is 1. The SMILES string of the molecule is CONC(=O)c1ccc(Nc2cccc3cc4cc5ccccc5c-4[nH]c23)c(OC)c1. The minimum Gasteiger partial charge on any atom is -0.495 e. The quantitative estimate of drug-likeness (QED) is 0.335. The van der Waals surface area contributed by atoms with Crippen LogP contribution in [0.4, 0.5) is 11.4 Å². The highest BCUT2D eigenvalue weighted by Crippen LogP contribution is 2.38. The molecule has 0 radical (unpaired) electrons. The Kier molecular flexibility index (Phi) is 4.69. The highest BCUT2D eigenvalue weighted by Gasteiger charge is 2.15. The summed E-state index contributed by atoms with van der Waals surface area (Å²) in [5, 5.41) is 6.96. The number of hydrogen-bond donors (Lipinski definition) is 3. The van der Waals surface area contributed by atoms with Crippen LogP contribution >= 0.6 is 0 Å². The number of fused-ring (bicyclic) bond motifs is 4. The molecule has 0 fully saturated rings. The van der Waals surface area contributed by atoms with E-state index in [2.05, 4.69) is 58.2 Å². The fraction of sp³-hybridized carbons (Fsp3) is 0.0800. The number of rotatable bonds is 5. The van der Waals surface area contributed by atoms with Crippen LogP contribution in [0.1, 0.15) is 10.4 Å². The fourth-order valence-electron chi connectivity index (χ4n) is 3.96. The molecule has 5 rings (SSSR count). The molecular formula is C25H21N3O3. The summed E-state index contributed by atoms with van der Waals surface area (Å²) in [4.78, 5) is 20.4. The van der Waals surface area contributed by atoms with Crippen LogP contribution in [0.2, 0.25) is 0 Å². The number of pyridine rings is 1. The first-order valence-corrected chi connectivity index (χ1v) is 9.89. The monoisotopic (exact) mass is 411 g/mol. The Labute approximate surface area is 179 Å². The summed E-state index contributed by atoms with van der Waals surface area (Å²) in [6.07, 6.45) is 0. The van der Waals surface area contributed by atoms with Crippen molar-refractivity contribution in [2.45, 2.75) is 0 Å². The zero-order chi connectivity index (χ0) is 21.4. The van der Waals surface area contributed by atoms with E-state index < -0.39 is 0 Å². The van der Waals surface area contributed by atoms with Gasteiger partial charge in [-0.3, -0.25) is 9.63 Å². The predicted octanol–water partition coefficient (Wildman–Crippen LogP) is 5.47. The third kappa shape index (κ3) is 3.33. The van der Waals surface area contributed by atoms with Crippen molar-refractivity contribution < 1.29 is 14.4 Å². The van der Waals surface area contributed by atoms with Crippen LogP contribution < -0.4 is 15.5 Å². The van der Waals surface area contributed by atoms with Gasteiger partial charge in [-0.2, -0.15) is 0 Å². The lowest BCUT2D eigenvalue weighted by atomic mass is 10.1. The molecule has 31 heavy (non-hydrogen) atoms. The Hall–Kier alpha value is -4.03. The first kappa shape index (κ1) is 19.0. The molecule has 1 aliphatic carbocycles. The van der Waals surface area contributed by atoms with Crippen LogP contribution in [0.3, 0.4) is 0 Å². The van der Waals surface area contributed by atoms with Gasteiger partial charge < -0.3 is 15.0 Å². The van der Waals surface area contributed by atoms with Crippen LogP contribution in [-0.4, -0.2) is 25.1 Å². The smallest absolute Gasteiger partial charge is 0.274 e. The van der Waals surface area contributed by atoms with Crippen LogP contribution in [0.15, 0.2) is 72.8 Å². The van der Waals surface area contributed by atoms with Gasteiger partial charge in [0.1, 0.15) is 5.75 Å². The highest BCUT2D eigenvalue weighted by atomic mass is 16.6. The average molecular weight is 411 g/mol. The van der Waals surface area contributed by atoms with E-state index >= 15 is 0 Å². The topological polar surface area (TPSA) is 75.4 Å². The maximum absolute atomic E-state index is 12.0. The molecule has 1 aliphatic heterocycles. The molecule has 0 unspecified atom stereocenters. The van der Waals surface area contributed by atoms with Crippen molar-refractivity contribution in [1.82, 2.24) is 10.5 Å². The Morgan fingerprint density at radius 3 is 2.52 bits per heavy atom. The van der Waals surface area contributed by atoms with Gasteiger partial charge in [-0.05, 0) is 47.3 Å². The molecule has 6 heteroatoms. The van der Waals surface area contributed by atoms with Crippen molar-refractivity contribution in [3.8, 4) is 17.0 Å². The van der Waals surface area contributed by atoms with Crippen molar-refractivity contribution in [1.29, 1.82) is 0 Å². The molecule has 2 aliphatic rings. The maximum atomic E-state index is 12.0. The van der Waals surface area contributed by atoms with Gasteiger partial charge in [0.25, 0.3) is 5.91 Å². The number of nitrogens with one attached hydrogen (secondary N) is 3. The molecule has 3 aromatic rings. The summed E-state index contributed by atoms with van der Waals surface area (Å²) in [7, 11) is 2.97. The second kappa shape index (κ2) is 7.66. The number of ether oxygens (including phenoxy) is 1. The zero-order valence-corrected chi connectivity index (χ0v) is 17.2. The normalized spacial score (nSPS) is 11.2. The van der Waals surface area contributed by atoms with Crippen molar-refractivity contribution in [2.75, 3.05) is 19.5 Å². The number of aromatic nitrogens is 1. The first-order chi connectivity index (χ1) is 15.2. The summed E-state index contributed by atoms with van der Waals surface area (Å²) in [6.45, 7) is 0. The zero-order valence-electron chi connectivity index (χ0n) is 17.2. The number of benzene rings is 3. The number of anilines is 2. The average Bonchev–Trinajstić information content (AvgIpc) is 3.16. The number of methoxy groups -OCH3 is 1. The summed E-state index contributed by atoms with van der Waals surface area (Å²) in [5.41, 5.74) is 7.71. The van der Waals surface area contributed by atoms with Gasteiger partial charge in [-0.15, -0.1) is 0 Å². The van der Waals surface area contributed by atoms with Crippen LogP contribution in [0.25, 0.3) is 32.9 Å². The van der Waals surface area contributed by atoms with E-state index in [0.717, 1.165) is 28.0 Å². The molecule has 0 bridgehead atoms. The summed E-state index contributed by atoms with van der Waals surface area (Å²) in [5.74, 6) is 0.219. The molecule has 0 spiro atoms. The molecule has 0 aromatic heterocycles. The number of aromatic amines is 1. The lowest BCUT2D eigenvalue weighted by Gasteiger charge is -2.15. The minimum atomic E-state index is -0.337. The molecule has 0 saturated carbocycles. The predicted molar refractivity (Wildman–Crippen MR) is 123 cm³/mol. The number of carbonyl (C=O) groups is 1. The van der Waals surface area contributed by atoms with Crippen LogP contribution in [0, 0.1) is 0 Å². The first-order valence-electron chi connectivity index (χ1n) is 9.89. The third-order valence-corrected chi connectivity index (χ3v) is 5.42. The molecule has 1 amide bonds. The van der Waals surface area contributed by atoms with E-state index in [1.165, 1.54) is 23.4 Å². The Morgan fingerprint density at radius 2 is 1.68 bits per heavy atom. The van der Waals surface area contributed by atoms with E-state index in [9.17, 15) is 4.79 Å². The molecule has 6 nitrogen and oxygen atoms in total. The van der Waals surface area contributed by atoms with Gasteiger partial charge in [-0.25, -0.2) is 5.48 Å². The second-order valence-electron chi connectivity index (χ2n) is 7.28. The molecule has 0 atom stereocenters. The molecular weight excluding hydrogens is 390 g/mol. The van der Waals surface area contributed by atoms with Gasteiger partial charge in [0.2, 0.25) is 0 Å². The lowest BCUT2D eigenvalue weighted by molar-refractivity contribution is 0.0537. The van der Waals surface area contributed by atoms with Gasteiger partial charge in [0.05, 0.1) is 36.8 Å². The van der Waals surface area contributed by atoms with Crippen molar-refractivity contribution in [3.63, 3.8) is 0 Å². The number of carbonyl (C=O) groups excluding carboxylic acids is 1. The summed E-state index contributed by atoms with van der Waals surface area (Å²) < 4.78 is 5.52. The molecule has 154 valence electrons. The molecule has 3 N–H and O–H groups in total. The van der Waals surface area contributed by atoms with Crippen LogP contribution in [0.5, 0.6) is 5.75 Å². The van der Waals surface area contributed by atoms with Gasteiger partial charge in [0, 0.05) is 16.3 Å². The third-order valence-electron chi connectivity index (χ3n) is 5.42. The number of hydrogen-bond acceptors (Lipinski definition) is 4. The van der Waals surface area contributed by atoms with Crippen molar-refractivity contribution in [2.24, 2.45) is 0 Å². The second-order valence-corrected chi connectivity index (χ2v) is 7.28. The highest BCUT2D eigenvalue weighted by molar-refractivity contribution is 6.05. The summed E-state index contributed by atoms with van der Waals surface area (Å²) in [6, 6.07) is 24.1. The van der Waals surface area contributed by atoms with Crippen molar-refractivity contribution >= 4 is 39.0 Å². The Bertz CT molecular complexity index is 1390. The molecule has 0 saturated heterocycles. The molecule has 3 aromatic carbocycles. The largest absolute Gasteiger partial charge is 0.495 e. The van der Waals surface area contributed by atoms with E-state index in [4.69, 9.17) is 9.57 Å². The van der Waals surface area contributed by atoms with Gasteiger partial charge in [-0.1, -0.05) is 36.4 Å². The van der Waals surface area contributed by atoms with Crippen LogP contribution in [-0.2, 0) is 4.84 Å². The molecule has 1 heterocycles. The number of hydroxylamine groups is 1. The van der Waals surface area contributed by atoms with Crippen molar-refractivity contribution in [3.05, 3.63) is 78.4 Å². The van der Waals surface area contributed by atoms with E-state index in [1.54, 1.807) is 19.2 Å². The number of amides is 1. The van der Waals surface area contributed by atoms with E-state index in [1.807, 2.05) is 18.2 Å². The van der Waals surface area contributed by atoms with Gasteiger partial charge in [0.15, 0.2) is 0 Å². The summed E-state index contributed by atoms with van der Waals surface area (Å²) >= 11 is 0. The minimum absolute atomic E-state index is 0.337. The lowest BCUT2D eigenvalue weighted by Crippen LogP contribution is -2.21. The maximum Gasteiger partial charge on any atom is 0.274 e.